The molecule has 3 atom stereocenters. The molecule has 0 amide bonds. The Morgan fingerprint density at radius 3 is 2.80 bits per heavy atom. The van der Waals surface area contributed by atoms with Crippen LogP contribution < -0.4 is 0 Å². The summed E-state index contributed by atoms with van der Waals surface area (Å²) in [5.41, 5.74) is 1.05. The molecule has 3 aliphatic rings. The molecule has 0 aromatic carbocycles. The number of oxime groups is 1. The van der Waals surface area contributed by atoms with Crippen LogP contribution in [-0.4, -0.2) is 48.2 Å². The molecule has 1 heterocycles. The minimum atomic E-state index is 0.414. The third-order valence-electron chi connectivity index (χ3n) is 4.20. The van der Waals surface area contributed by atoms with Crippen molar-refractivity contribution in [1.29, 1.82) is 0 Å². The van der Waals surface area contributed by atoms with Crippen molar-refractivity contribution in [1.82, 2.24) is 4.90 Å². The summed E-state index contributed by atoms with van der Waals surface area (Å²) >= 11 is 0. The van der Waals surface area contributed by atoms with Gasteiger partial charge in [-0.25, -0.2) is 0 Å². The van der Waals surface area contributed by atoms with Crippen molar-refractivity contribution >= 4 is 5.71 Å². The van der Waals surface area contributed by atoms with Crippen molar-refractivity contribution in [2.45, 2.75) is 25.3 Å². The summed E-state index contributed by atoms with van der Waals surface area (Å²) in [5.74, 6) is 1.30. The summed E-state index contributed by atoms with van der Waals surface area (Å²) in [6.07, 6.45) is 3.78. The Morgan fingerprint density at radius 1 is 1.27 bits per heavy atom. The van der Waals surface area contributed by atoms with Gasteiger partial charge in [-0.2, -0.15) is 0 Å². The SMILES string of the molecule is O/N=C1\C2CCC(C2)C1N1CCOCC1. The van der Waals surface area contributed by atoms with Gasteiger partial charge in [0.05, 0.1) is 25.0 Å². The highest BCUT2D eigenvalue weighted by Crippen LogP contribution is 2.45. The second-order valence-electron chi connectivity index (χ2n) is 4.89. The topological polar surface area (TPSA) is 45.1 Å². The smallest absolute Gasteiger partial charge is 0.0775 e. The van der Waals surface area contributed by atoms with Crippen LogP contribution in [0, 0.1) is 11.8 Å². The van der Waals surface area contributed by atoms with Gasteiger partial charge in [0.25, 0.3) is 0 Å². The Labute approximate surface area is 89.9 Å². The van der Waals surface area contributed by atoms with E-state index < -0.39 is 0 Å². The van der Waals surface area contributed by atoms with E-state index in [4.69, 9.17) is 9.94 Å². The predicted octanol–water partition coefficient (Wildman–Crippen LogP) is 0.947. The molecule has 2 aliphatic carbocycles. The van der Waals surface area contributed by atoms with Crippen LogP contribution in [0.3, 0.4) is 0 Å². The number of fused-ring (bicyclic) bond motifs is 2. The quantitative estimate of drug-likeness (QED) is 0.517. The number of ether oxygens (including phenoxy) is 1. The highest BCUT2D eigenvalue weighted by molar-refractivity contribution is 5.94. The lowest BCUT2D eigenvalue weighted by molar-refractivity contribution is 0.0199. The molecule has 3 rings (SSSR count). The molecule has 3 unspecified atom stereocenters. The summed E-state index contributed by atoms with van der Waals surface area (Å²) in [7, 11) is 0. The largest absolute Gasteiger partial charge is 0.411 e. The molecule has 84 valence electrons. The number of rotatable bonds is 1. The van der Waals surface area contributed by atoms with E-state index in [0.29, 0.717) is 12.0 Å². The monoisotopic (exact) mass is 210 g/mol. The van der Waals surface area contributed by atoms with Crippen LogP contribution in [0.25, 0.3) is 0 Å². The van der Waals surface area contributed by atoms with Gasteiger partial charge in [0, 0.05) is 19.0 Å². The molecule has 2 bridgehead atoms. The summed E-state index contributed by atoms with van der Waals surface area (Å²) in [6.45, 7) is 3.64. The molecule has 0 aromatic rings. The first-order chi connectivity index (χ1) is 7.40. The van der Waals surface area contributed by atoms with E-state index in [1.165, 1.54) is 19.3 Å². The van der Waals surface area contributed by atoms with Crippen LogP contribution in [0.4, 0.5) is 0 Å². The maximum Gasteiger partial charge on any atom is 0.0775 e. The van der Waals surface area contributed by atoms with Crippen LogP contribution in [0.1, 0.15) is 19.3 Å². The first kappa shape index (κ1) is 9.60. The fourth-order valence-corrected chi connectivity index (χ4v) is 3.54. The zero-order chi connectivity index (χ0) is 10.3. The fraction of sp³-hybridized carbons (Fsp3) is 0.909. The van der Waals surface area contributed by atoms with Crippen molar-refractivity contribution in [3.8, 4) is 0 Å². The Balaban J connectivity index is 1.79. The van der Waals surface area contributed by atoms with Gasteiger partial charge in [0.2, 0.25) is 0 Å². The number of nitrogens with zero attached hydrogens (tertiary/aromatic N) is 2. The summed E-state index contributed by atoms with van der Waals surface area (Å²) < 4.78 is 5.36. The van der Waals surface area contributed by atoms with Gasteiger partial charge in [0.1, 0.15) is 0 Å². The number of hydrogen-bond acceptors (Lipinski definition) is 4. The van der Waals surface area contributed by atoms with Gasteiger partial charge in [-0.15, -0.1) is 0 Å². The molecule has 15 heavy (non-hydrogen) atoms. The molecule has 0 spiro atoms. The number of morpholine rings is 1. The zero-order valence-electron chi connectivity index (χ0n) is 8.93. The first-order valence-electron chi connectivity index (χ1n) is 5.94. The Bertz CT molecular complexity index is 274. The predicted molar refractivity (Wildman–Crippen MR) is 56.2 cm³/mol. The molecular formula is C11H18N2O2. The molecule has 2 saturated carbocycles. The van der Waals surface area contributed by atoms with E-state index in [-0.39, 0.29) is 0 Å². The minimum absolute atomic E-state index is 0.414. The van der Waals surface area contributed by atoms with E-state index in [1.807, 2.05) is 0 Å². The second kappa shape index (κ2) is 3.76. The molecule has 3 fully saturated rings. The summed E-state index contributed by atoms with van der Waals surface area (Å²) in [4.78, 5) is 2.45. The maximum absolute atomic E-state index is 9.12. The maximum atomic E-state index is 9.12. The molecule has 1 aliphatic heterocycles. The van der Waals surface area contributed by atoms with Crippen LogP contribution >= 0.6 is 0 Å². The van der Waals surface area contributed by atoms with E-state index in [1.54, 1.807) is 0 Å². The molecule has 4 nitrogen and oxygen atoms in total. The van der Waals surface area contributed by atoms with Crippen molar-refractivity contribution in [3.63, 3.8) is 0 Å². The van der Waals surface area contributed by atoms with Gasteiger partial charge >= 0.3 is 0 Å². The van der Waals surface area contributed by atoms with Gasteiger partial charge < -0.3 is 9.94 Å². The van der Waals surface area contributed by atoms with Crippen LogP contribution in [0.15, 0.2) is 5.16 Å². The molecule has 1 saturated heterocycles. The lowest BCUT2D eigenvalue weighted by atomic mass is 9.92. The molecule has 0 radical (unpaired) electrons. The summed E-state index contributed by atoms with van der Waals surface area (Å²) in [5, 5.41) is 12.7. The zero-order valence-corrected chi connectivity index (χ0v) is 8.93. The van der Waals surface area contributed by atoms with Crippen molar-refractivity contribution in [2.24, 2.45) is 17.0 Å². The van der Waals surface area contributed by atoms with Crippen LogP contribution in [0.2, 0.25) is 0 Å². The molecular weight excluding hydrogens is 192 g/mol. The highest BCUT2D eigenvalue weighted by Gasteiger charge is 2.48. The van der Waals surface area contributed by atoms with E-state index in [9.17, 15) is 0 Å². The fourth-order valence-electron chi connectivity index (χ4n) is 3.54. The third-order valence-corrected chi connectivity index (χ3v) is 4.20. The Morgan fingerprint density at radius 2 is 2.07 bits per heavy atom. The van der Waals surface area contributed by atoms with Gasteiger partial charge in [-0.3, -0.25) is 4.90 Å². The van der Waals surface area contributed by atoms with Crippen LogP contribution in [-0.2, 0) is 4.74 Å². The standard InChI is InChI=1S/C11H18N2O2/c14-12-10-8-1-2-9(7-8)11(10)13-3-5-15-6-4-13/h8-9,11,14H,1-7H2/b12-10+. The van der Waals surface area contributed by atoms with Crippen LogP contribution in [0.5, 0.6) is 0 Å². The van der Waals surface area contributed by atoms with Crippen molar-refractivity contribution in [3.05, 3.63) is 0 Å². The first-order valence-corrected chi connectivity index (χ1v) is 5.94. The minimum Gasteiger partial charge on any atom is -0.411 e. The van der Waals surface area contributed by atoms with Crippen molar-refractivity contribution in [2.75, 3.05) is 26.3 Å². The summed E-state index contributed by atoms with van der Waals surface area (Å²) in [6, 6.07) is 0.414. The average molecular weight is 210 g/mol. The lowest BCUT2D eigenvalue weighted by Gasteiger charge is -2.36. The Kier molecular flexibility index (Phi) is 2.41. The Hall–Kier alpha value is -0.610. The molecule has 1 N–H and O–H groups in total. The average Bonchev–Trinajstić information content (AvgIpc) is 2.89. The van der Waals surface area contributed by atoms with Crippen molar-refractivity contribution < 1.29 is 9.94 Å². The van der Waals surface area contributed by atoms with E-state index in [0.717, 1.165) is 37.9 Å². The van der Waals surface area contributed by atoms with Gasteiger partial charge in [0.15, 0.2) is 0 Å². The molecule has 0 aromatic heterocycles. The lowest BCUT2D eigenvalue weighted by Crippen LogP contribution is -2.49. The van der Waals surface area contributed by atoms with Gasteiger partial charge in [-0.1, -0.05) is 5.16 Å². The molecule has 4 heteroatoms. The highest BCUT2D eigenvalue weighted by atomic mass is 16.5. The third kappa shape index (κ3) is 1.47. The van der Waals surface area contributed by atoms with Gasteiger partial charge in [-0.05, 0) is 25.2 Å². The second-order valence-corrected chi connectivity index (χ2v) is 4.89. The number of hydrogen-bond donors (Lipinski definition) is 1. The van der Waals surface area contributed by atoms with E-state index >= 15 is 0 Å². The van der Waals surface area contributed by atoms with E-state index in [2.05, 4.69) is 10.1 Å². The normalized spacial score (nSPS) is 44.0.